The predicted molar refractivity (Wildman–Crippen MR) is 67.7 cm³/mol. The van der Waals surface area contributed by atoms with Crippen LogP contribution in [-0.2, 0) is 6.54 Å². The van der Waals surface area contributed by atoms with E-state index in [1.165, 1.54) is 11.1 Å². The van der Waals surface area contributed by atoms with Crippen molar-refractivity contribution >= 4 is 6.08 Å². The summed E-state index contributed by atoms with van der Waals surface area (Å²) < 4.78 is 0. The van der Waals surface area contributed by atoms with Crippen molar-refractivity contribution in [1.29, 1.82) is 0 Å². The Bertz CT molecular complexity index is 298. The Morgan fingerprint density at radius 1 is 1.27 bits per heavy atom. The van der Waals surface area contributed by atoms with Gasteiger partial charge >= 0.3 is 0 Å². The Kier molecular flexibility index (Phi) is 4.57. The minimum Gasteiger partial charge on any atom is -0.302 e. The van der Waals surface area contributed by atoms with Gasteiger partial charge in [-0.05, 0) is 24.1 Å². The lowest BCUT2D eigenvalue weighted by Crippen LogP contribution is -2.22. The zero-order valence-corrected chi connectivity index (χ0v) is 10.0. The van der Waals surface area contributed by atoms with Crippen LogP contribution in [0.15, 0.2) is 30.8 Å². The number of hydrogen-bond donors (Lipinski definition) is 0. The first-order chi connectivity index (χ1) is 7.11. The van der Waals surface area contributed by atoms with Crippen molar-refractivity contribution in [3.8, 4) is 0 Å². The zero-order chi connectivity index (χ0) is 11.3. The summed E-state index contributed by atoms with van der Waals surface area (Å²) in [5.41, 5.74) is 2.55. The second-order valence-electron chi connectivity index (χ2n) is 4.54. The van der Waals surface area contributed by atoms with Crippen LogP contribution in [0.5, 0.6) is 0 Å². The third kappa shape index (κ3) is 4.30. The van der Waals surface area contributed by atoms with Crippen molar-refractivity contribution in [3.63, 3.8) is 0 Å². The second kappa shape index (κ2) is 5.72. The van der Waals surface area contributed by atoms with Crippen LogP contribution in [0.3, 0.4) is 0 Å². The molecule has 15 heavy (non-hydrogen) atoms. The predicted octanol–water partition coefficient (Wildman–Crippen LogP) is 3.42. The van der Waals surface area contributed by atoms with E-state index >= 15 is 0 Å². The second-order valence-corrected chi connectivity index (χ2v) is 4.54. The maximum atomic E-state index is 3.75. The van der Waals surface area contributed by atoms with Gasteiger partial charge in [-0.2, -0.15) is 0 Å². The van der Waals surface area contributed by atoms with E-state index in [2.05, 4.69) is 56.6 Å². The first kappa shape index (κ1) is 12.0. The van der Waals surface area contributed by atoms with E-state index in [1.54, 1.807) is 0 Å². The van der Waals surface area contributed by atoms with E-state index < -0.39 is 0 Å². The molecule has 0 saturated carbocycles. The van der Waals surface area contributed by atoms with Crippen LogP contribution >= 0.6 is 0 Å². The first-order valence-corrected chi connectivity index (χ1v) is 5.51. The molecule has 0 unspecified atom stereocenters. The molecule has 1 rings (SSSR count). The molecule has 0 atom stereocenters. The lowest BCUT2D eigenvalue weighted by Gasteiger charge is -2.18. The van der Waals surface area contributed by atoms with E-state index in [0.29, 0.717) is 0 Å². The molecule has 0 amide bonds. The molecular weight excluding hydrogens is 182 g/mol. The molecular formula is C14H21N. The number of nitrogens with zero attached hydrogens (tertiary/aromatic N) is 1. The Morgan fingerprint density at radius 3 is 2.33 bits per heavy atom. The SMILES string of the molecule is C=Cc1ccc(CN(C)CC(C)C)cc1. The largest absolute Gasteiger partial charge is 0.302 e. The molecule has 0 spiro atoms. The van der Waals surface area contributed by atoms with Crippen molar-refractivity contribution in [2.45, 2.75) is 20.4 Å². The standard InChI is InChI=1S/C14H21N/c1-5-13-6-8-14(9-7-13)11-15(4)10-12(2)3/h5-9,12H,1,10-11H2,2-4H3. The zero-order valence-electron chi connectivity index (χ0n) is 10.0. The van der Waals surface area contributed by atoms with E-state index in [-0.39, 0.29) is 0 Å². The Hall–Kier alpha value is -1.08. The lowest BCUT2D eigenvalue weighted by atomic mass is 10.1. The smallest absolute Gasteiger partial charge is 0.0230 e. The molecule has 0 heterocycles. The average Bonchev–Trinajstić information content (AvgIpc) is 2.17. The van der Waals surface area contributed by atoms with Crippen LogP contribution in [0, 0.1) is 5.92 Å². The molecule has 0 N–H and O–H groups in total. The van der Waals surface area contributed by atoms with Crippen molar-refractivity contribution in [1.82, 2.24) is 4.90 Å². The van der Waals surface area contributed by atoms with Crippen LogP contribution in [0.4, 0.5) is 0 Å². The minimum atomic E-state index is 0.724. The third-order valence-corrected chi connectivity index (χ3v) is 2.34. The van der Waals surface area contributed by atoms with Crippen molar-refractivity contribution in [2.75, 3.05) is 13.6 Å². The van der Waals surface area contributed by atoms with E-state index in [1.807, 2.05) is 6.08 Å². The van der Waals surface area contributed by atoms with Gasteiger partial charge in [0.2, 0.25) is 0 Å². The molecule has 1 nitrogen and oxygen atoms in total. The molecule has 1 aromatic carbocycles. The number of rotatable bonds is 5. The van der Waals surface area contributed by atoms with Crippen LogP contribution in [0.25, 0.3) is 6.08 Å². The van der Waals surface area contributed by atoms with E-state index in [9.17, 15) is 0 Å². The van der Waals surface area contributed by atoms with Gasteiger partial charge in [0.05, 0.1) is 0 Å². The van der Waals surface area contributed by atoms with Crippen molar-refractivity contribution in [2.24, 2.45) is 5.92 Å². The molecule has 0 aliphatic carbocycles. The van der Waals surface area contributed by atoms with Gasteiger partial charge in [-0.3, -0.25) is 0 Å². The quantitative estimate of drug-likeness (QED) is 0.708. The highest BCUT2D eigenvalue weighted by Crippen LogP contribution is 2.08. The molecule has 0 radical (unpaired) electrons. The van der Waals surface area contributed by atoms with Gasteiger partial charge in [0.15, 0.2) is 0 Å². The van der Waals surface area contributed by atoms with E-state index in [0.717, 1.165) is 19.0 Å². The number of hydrogen-bond acceptors (Lipinski definition) is 1. The number of benzene rings is 1. The van der Waals surface area contributed by atoms with Gasteiger partial charge in [0, 0.05) is 13.1 Å². The average molecular weight is 203 g/mol. The molecule has 82 valence electrons. The maximum absolute atomic E-state index is 3.75. The van der Waals surface area contributed by atoms with Crippen LogP contribution < -0.4 is 0 Å². The Morgan fingerprint density at radius 2 is 1.87 bits per heavy atom. The molecule has 0 bridgehead atoms. The van der Waals surface area contributed by atoms with Crippen LogP contribution in [-0.4, -0.2) is 18.5 Å². The van der Waals surface area contributed by atoms with Crippen LogP contribution in [0.2, 0.25) is 0 Å². The normalized spacial score (nSPS) is 11.0. The molecule has 0 fully saturated rings. The van der Waals surface area contributed by atoms with Gasteiger partial charge in [-0.1, -0.05) is 50.8 Å². The molecule has 0 saturated heterocycles. The monoisotopic (exact) mass is 203 g/mol. The summed E-state index contributed by atoms with van der Waals surface area (Å²) in [5.74, 6) is 0.724. The Balaban J connectivity index is 2.53. The fraction of sp³-hybridized carbons (Fsp3) is 0.429. The summed E-state index contributed by atoms with van der Waals surface area (Å²) in [5, 5.41) is 0. The van der Waals surface area contributed by atoms with Gasteiger partial charge in [-0.15, -0.1) is 0 Å². The summed E-state index contributed by atoms with van der Waals surface area (Å²) in [6.07, 6.45) is 1.88. The Labute approximate surface area is 93.4 Å². The molecule has 0 aliphatic heterocycles. The minimum absolute atomic E-state index is 0.724. The molecule has 1 aromatic rings. The highest BCUT2D eigenvalue weighted by atomic mass is 15.1. The van der Waals surface area contributed by atoms with Gasteiger partial charge < -0.3 is 4.90 Å². The summed E-state index contributed by atoms with van der Waals surface area (Å²) in [7, 11) is 2.17. The molecule has 0 aliphatic rings. The fourth-order valence-corrected chi connectivity index (χ4v) is 1.76. The highest BCUT2D eigenvalue weighted by Gasteiger charge is 2.02. The fourth-order valence-electron chi connectivity index (χ4n) is 1.76. The van der Waals surface area contributed by atoms with Gasteiger partial charge in [-0.25, -0.2) is 0 Å². The highest BCUT2D eigenvalue weighted by molar-refractivity contribution is 5.47. The van der Waals surface area contributed by atoms with Gasteiger partial charge in [0.25, 0.3) is 0 Å². The third-order valence-electron chi connectivity index (χ3n) is 2.34. The summed E-state index contributed by atoms with van der Waals surface area (Å²) in [6, 6.07) is 8.58. The summed E-state index contributed by atoms with van der Waals surface area (Å²) in [4.78, 5) is 2.35. The van der Waals surface area contributed by atoms with E-state index in [4.69, 9.17) is 0 Å². The topological polar surface area (TPSA) is 3.24 Å². The first-order valence-electron chi connectivity index (χ1n) is 5.51. The van der Waals surface area contributed by atoms with Crippen LogP contribution in [0.1, 0.15) is 25.0 Å². The van der Waals surface area contributed by atoms with Crippen molar-refractivity contribution < 1.29 is 0 Å². The molecule has 0 aromatic heterocycles. The van der Waals surface area contributed by atoms with Gasteiger partial charge in [0.1, 0.15) is 0 Å². The summed E-state index contributed by atoms with van der Waals surface area (Å²) in [6.45, 7) is 10.4. The summed E-state index contributed by atoms with van der Waals surface area (Å²) >= 11 is 0. The molecule has 1 heteroatoms. The maximum Gasteiger partial charge on any atom is 0.0230 e. The van der Waals surface area contributed by atoms with Crippen molar-refractivity contribution in [3.05, 3.63) is 42.0 Å². The lowest BCUT2D eigenvalue weighted by molar-refractivity contribution is 0.288.